The first-order chi connectivity index (χ1) is 11.7. The third-order valence-corrected chi connectivity index (χ3v) is 3.03. The Balaban J connectivity index is 1.50. The molecule has 0 atom stereocenters. The molecule has 0 aliphatic heterocycles. The molecule has 0 saturated carbocycles. The number of aryl methyl sites for hydroxylation is 1. The van der Waals surface area contributed by atoms with Crippen LogP contribution in [0.15, 0.2) is 54.7 Å². The summed E-state index contributed by atoms with van der Waals surface area (Å²) in [5.41, 5.74) is 0.870. The molecule has 0 saturated heterocycles. The summed E-state index contributed by atoms with van der Waals surface area (Å²) < 4.78 is 11.0. The maximum atomic E-state index is 11.8. The minimum absolute atomic E-state index is 0.105. The lowest BCUT2D eigenvalue weighted by atomic mass is 10.3. The fourth-order valence-corrected chi connectivity index (χ4v) is 1.94. The zero-order chi connectivity index (χ0) is 16.8. The smallest absolute Gasteiger partial charge is 0.263 e. The number of hydrogen-bond donors (Lipinski definition) is 2. The van der Waals surface area contributed by atoms with Gasteiger partial charge in [-0.1, -0.05) is 6.07 Å². The van der Waals surface area contributed by atoms with Crippen molar-refractivity contribution < 1.29 is 14.3 Å². The molecule has 1 amide bonds. The molecule has 7 nitrogen and oxygen atoms in total. The average Bonchev–Trinajstić information content (AvgIpc) is 3.00. The Labute approximate surface area is 138 Å². The topological polar surface area (TPSA) is 89.1 Å². The Kier molecular flexibility index (Phi) is 4.71. The van der Waals surface area contributed by atoms with Crippen molar-refractivity contribution in [1.29, 1.82) is 0 Å². The number of nitrogens with zero attached hydrogens (tertiary/aromatic N) is 2. The van der Waals surface area contributed by atoms with Crippen LogP contribution in [0.2, 0.25) is 0 Å². The first-order valence-electron chi connectivity index (χ1n) is 7.33. The number of benzene rings is 1. The normalized spacial score (nSPS) is 10.2. The van der Waals surface area contributed by atoms with Crippen LogP contribution in [0.1, 0.15) is 5.69 Å². The summed E-state index contributed by atoms with van der Waals surface area (Å²) in [4.78, 5) is 15.9. The molecule has 24 heavy (non-hydrogen) atoms. The van der Waals surface area contributed by atoms with Gasteiger partial charge in [-0.3, -0.25) is 9.89 Å². The molecule has 1 aromatic carbocycles. The van der Waals surface area contributed by atoms with Crippen LogP contribution in [-0.2, 0) is 4.79 Å². The molecule has 7 heteroatoms. The van der Waals surface area contributed by atoms with Crippen molar-refractivity contribution in [3.05, 3.63) is 60.4 Å². The summed E-state index contributed by atoms with van der Waals surface area (Å²) in [6.07, 6.45) is 1.66. The lowest BCUT2D eigenvalue weighted by molar-refractivity contribution is -0.118. The van der Waals surface area contributed by atoms with Crippen LogP contribution in [0.5, 0.6) is 17.4 Å². The second kappa shape index (κ2) is 7.28. The molecule has 122 valence electrons. The van der Waals surface area contributed by atoms with E-state index in [1.165, 1.54) is 0 Å². The quantitative estimate of drug-likeness (QED) is 0.728. The van der Waals surface area contributed by atoms with Gasteiger partial charge in [-0.05, 0) is 37.3 Å². The van der Waals surface area contributed by atoms with Crippen molar-refractivity contribution in [3.8, 4) is 17.4 Å². The van der Waals surface area contributed by atoms with Gasteiger partial charge >= 0.3 is 0 Å². The van der Waals surface area contributed by atoms with E-state index in [0.717, 1.165) is 5.69 Å². The molecule has 0 bridgehead atoms. The molecule has 2 heterocycles. The number of anilines is 1. The third-order valence-electron chi connectivity index (χ3n) is 3.03. The highest BCUT2D eigenvalue weighted by molar-refractivity contribution is 5.90. The number of carbonyl (C=O) groups excluding carboxylic acids is 1. The molecule has 2 aromatic heterocycles. The molecule has 0 spiro atoms. The van der Waals surface area contributed by atoms with Crippen molar-refractivity contribution in [2.24, 2.45) is 0 Å². The number of hydrogen-bond acceptors (Lipinski definition) is 5. The van der Waals surface area contributed by atoms with E-state index in [-0.39, 0.29) is 12.5 Å². The van der Waals surface area contributed by atoms with Gasteiger partial charge < -0.3 is 14.8 Å². The maximum Gasteiger partial charge on any atom is 0.263 e. The van der Waals surface area contributed by atoms with Crippen molar-refractivity contribution in [2.45, 2.75) is 6.92 Å². The van der Waals surface area contributed by atoms with E-state index in [9.17, 15) is 4.79 Å². The van der Waals surface area contributed by atoms with Crippen LogP contribution < -0.4 is 14.8 Å². The Morgan fingerprint density at radius 1 is 1.17 bits per heavy atom. The number of nitrogens with one attached hydrogen (secondary N) is 2. The lowest BCUT2D eigenvalue weighted by Gasteiger charge is -2.07. The number of rotatable bonds is 6. The number of pyridine rings is 1. The van der Waals surface area contributed by atoms with Gasteiger partial charge in [0.05, 0.1) is 0 Å². The third kappa shape index (κ3) is 4.33. The zero-order valence-electron chi connectivity index (χ0n) is 13.0. The summed E-state index contributed by atoms with van der Waals surface area (Å²) in [6.45, 7) is 1.75. The number of carbonyl (C=O) groups is 1. The fourth-order valence-electron chi connectivity index (χ4n) is 1.94. The highest BCUT2D eigenvalue weighted by Gasteiger charge is 2.06. The first-order valence-corrected chi connectivity index (χ1v) is 7.33. The second-order valence-electron chi connectivity index (χ2n) is 5.01. The largest absolute Gasteiger partial charge is 0.484 e. The van der Waals surface area contributed by atoms with E-state index in [4.69, 9.17) is 9.47 Å². The molecule has 2 N–H and O–H groups in total. The highest BCUT2D eigenvalue weighted by Crippen LogP contribution is 2.22. The van der Waals surface area contributed by atoms with Gasteiger partial charge in [-0.2, -0.15) is 5.10 Å². The number of aromatic amines is 1. The van der Waals surface area contributed by atoms with Crippen molar-refractivity contribution in [3.63, 3.8) is 0 Å². The summed E-state index contributed by atoms with van der Waals surface area (Å²) in [5, 5.41) is 9.31. The first kappa shape index (κ1) is 15.5. The molecule has 3 aromatic rings. The minimum atomic E-state index is -0.282. The van der Waals surface area contributed by atoms with E-state index in [1.807, 2.05) is 19.1 Å². The van der Waals surface area contributed by atoms with E-state index in [2.05, 4.69) is 20.5 Å². The van der Waals surface area contributed by atoms with Crippen molar-refractivity contribution in [2.75, 3.05) is 11.9 Å². The van der Waals surface area contributed by atoms with Crippen LogP contribution in [0, 0.1) is 6.92 Å². The molecule has 3 rings (SSSR count). The highest BCUT2D eigenvalue weighted by atomic mass is 16.5. The summed E-state index contributed by atoms with van der Waals surface area (Å²) in [5.74, 6) is 1.91. The second-order valence-corrected chi connectivity index (χ2v) is 5.01. The molecular formula is C17H16N4O3. The Hall–Kier alpha value is -3.35. The van der Waals surface area contributed by atoms with Crippen LogP contribution in [0.25, 0.3) is 0 Å². The minimum Gasteiger partial charge on any atom is -0.484 e. The number of ether oxygens (including phenoxy) is 2. The van der Waals surface area contributed by atoms with Gasteiger partial charge in [-0.25, -0.2) is 4.98 Å². The maximum absolute atomic E-state index is 11.8. The van der Waals surface area contributed by atoms with Crippen molar-refractivity contribution >= 4 is 11.7 Å². The monoisotopic (exact) mass is 324 g/mol. The van der Waals surface area contributed by atoms with Crippen molar-refractivity contribution in [1.82, 2.24) is 15.2 Å². The van der Waals surface area contributed by atoms with E-state index < -0.39 is 0 Å². The summed E-state index contributed by atoms with van der Waals surface area (Å²) in [6, 6.07) is 14.1. The molecule has 0 radical (unpaired) electrons. The van der Waals surface area contributed by atoms with Crippen LogP contribution >= 0.6 is 0 Å². The number of amides is 1. The zero-order valence-corrected chi connectivity index (χ0v) is 13.0. The Morgan fingerprint density at radius 3 is 2.62 bits per heavy atom. The lowest BCUT2D eigenvalue weighted by Crippen LogP contribution is -2.20. The fraction of sp³-hybridized carbons (Fsp3) is 0.118. The van der Waals surface area contributed by atoms with Crippen LogP contribution in [-0.4, -0.2) is 27.7 Å². The summed E-state index contributed by atoms with van der Waals surface area (Å²) >= 11 is 0. The van der Waals surface area contributed by atoms with Gasteiger partial charge in [0.25, 0.3) is 5.91 Å². The van der Waals surface area contributed by atoms with Gasteiger partial charge in [0.15, 0.2) is 12.4 Å². The Bertz CT molecular complexity index is 800. The Morgan fingerprint density at radius 2 is 1.96 bits per heavy atom. The SMILES string of the molecule is Cc1cc(NC(=O)COc2ccc(Oc3ccccn3)cc2)n[nH]1. The predicted octanol–water partition coefficient (Wildman–Crippen LogP) is 2.92. The van der Waals surface area contributed by atoms with Gasteiger partial charge in [-0.15, -0.1) is 0 Å². The van der Waals surface area contributed by atoms with E-state index in [0.29, 0.717) is 23.2 Å². The van der Waals surface area contributed by atoms with Crippen LogP contribution in [0.4, 0.5) is 5.82 Å². The van der Waals surface area contributed by atoms with Crippen LogP contribution in [0.3, 0.4) is 0 Å². The molecule has 0 unspecified atom stereocenters. The van der Waals surface area contributed by atoms with Gasteiger partial charge in [0.2, 0.25) is 5.88 Å². The predicted molar refractivity (Wildman–Crippen MR) is 88.2 cm³/mol. The molecule has 0 aliphatic carbocycles. The summed E-state index contributed by atoms with van der Waals surface area (Å²) in [7, 11) is 0. The number of H-pyrrole nitrogens is 1. The van der Waals surface area contributed by atoms with E-state index >= 15 is 0 Å². The van der Waals surface area contributed by atoms with Gasteiger partial charge in [0, 0.05) is 24.0 Å². The number of aromatic nitrogens is 3. The molecule has 0 aliphatic rings. The standard InChI is InChI=1S/C17H16N4O3/c1-12-10-15(21-20-12)19-16(22)11-23-13-5-7-14(8-6-13)24-17-4-2-3-9-18-17/h2-10H,11H2,1H3,(H2,19,20,21,22). The molecular weight excluding hydrogens is 308 g/mol. The molecule has 0 fully saturated rings. The average molecular weight is 324 g/mol. The van der Waals surface area contributed by atoms with E-state index in [1.54, 1.807) is 42.6 Å². The van der Waals surface area contributed by atoms with Gasteiger partial charge in [0.1, 0.15) is 11.5 Å².